The number of hydrogen-bond acceptors (Lipinski definition) is 26. The summed E-state index contributed by atoms with van der Waals surface area (Å²) in [7, 11) is 6.44. The molecule has 5 aliphatic heterocycles. The van der Waals surface area contributed by atoms with Crippen LogP contribution in [0, 0.1) is 19.7 Å². The minimum Gasteiger partial charge on any atom is -0.422 e. The van der Waals surface area contributed by atoms with Crippen molar-refractivity contribution in [3.63, 3.8) is 0 Å². The SMILES string of the molecule is CCc1cc(C)cn2cc(-c3cc4ccc(N5CCN(C)CC5)cc4oc3=O)nc12.CCc1cc(C)cn2cc(-c3cc4ccc(N5C[C@@H](C)N[C@@H](C)C5)cc4oc3=O)nc12.CN1CCCN(c2ccc3cc(-c4cn5cc(Cl)cnc5n4)c(=O)oc3c2)CC1.C[C@@H]1CN(c2ccc3cc(-c4cn5cccc(F)c5n4)c(=O)oc3c2)C[C@H](C)N1.C[C@H]1CN(c2ccc3cc(-c4cn5cccc(Cl)c5n4)c(=O)oc3c2)CCN1C. The van der Waals surface area contributed by atoms with Gasteiger partial charge in [-0.1, -0.05) is 49.2 Å². The van der Waals surface area contributed by atoms with E-state index < -0.39 is 22.7 Å². The molecule has 5 fully saturated rings. The highest BCUT2D eigenvalue weighted by atomic mass is 35.5. The lowest BCUT2D eigenvalue weighted by molar-refractivity contribution is 0.234. The second kappa shape index (κ2) is 41.6. The maximum atomic E-state index is 14.0. The molecule has 5 aliphatic rings. The average Bonchev–Trinajstić information content (AvgIpc) is 1.67. The Hall–Kier alpha value is -15.2. The van der Waals surface area contributed by atoms with Gasteiger partial charge in [0.1, 0.15) is 39.2 Å². The molecule has 0 saturated carbocycles. The predicted molar refractivity (Wildman–Crippen MR) is 586 cm³/mol. The van der Waals surface area contributed by atoms with Crippen LogP contribution in [-0.4, -0.2) is 216 Å². The third kappa shape index (κ3) is 20.9. The van der Waals surface area contributed by atoms with E-state index in [2.05, 4.69) is 190 Å². The second-order valence-electron chi connectivity index (χ2n) is 39.8. The number of fused-ring (bicyclic) bond motifs is 10. The number of pyridine rings is 4. The fraction of sp³-hybridized carbons (Fsp3) is 0.307. The number of aryl methyl sites for hydroxylation is 4. The van der Waals surface area contributed by atoms with Crippen LogP contribution >= 0.6 is 23.2 Å². The summed E-state index contributed by atoms with van der Waals surface area (Å²) in [6, 6.07) is 52.4. The Morgan fingerprint density at radius 3 is 1.11 bits per heavy atom. The number of anilines is 5. The van der Waals surface area contributed by atoms with E-state index in [4.69, 9.17) is 55.3 Å². The van der Waals surface area contributed by atoms with Crippen molar-refractivity contribution in [1.82, 2.24) is 77.2 Å². The molecule has 5 atom stereocenters. The first-order chi connectivity index (χ1) is 71.4. The van der Waals surface area contributed by atoms with Crippen LogP contribution in [0.5, 0.6) is 0 Å². The van der Waals surface area contributed by atoms with E-state index in [0.29, 0.717) is 136 Å². The third-order valence-electron chi connectivity index (χ3n) is 28.5. The molecule has 31 nitrogen and oxygen atoms in total. The highest BCUT2D eigenvalue weighted by Crippen LogP contribution is 2.36. The minimum absolute atomic E-state index is 0.180. The predicted octanol–water partition coefficient (Wildman–Crippen LogP) is 18.5. The summed E-state index contributed by atoms with van der Waals surface area (Å²) in [5, 5.41) is 12.4. The van der Waals surface area contributed by atoms with Crippen LogP contribution in [0.2, 0.25) is 10.0 Å². The lowest BCUT2D eigenvalue weighted by Crippen LogP contribution is -2.54. The maximum absolute atomic E-state index is 14.0. The summed E-state index contributed by atoms with van der Waals surface area (Å²) in [5.41, 5.74) is 18.4. The van der Waals surface area contributed by atoms with Gasteiger partial charge in [0.05, 0.1) is 72.5 Å². The molecule has 5 saturated heterocycles. The lowest BCUT2D eigenvalue weighted by atomic mass is 10.1. The molecule has 0 amide bonds. The summed E-state index contributed by atoms with van der Waals surface area (Å²) in [4.78, 5) is 109. The Morgan fingerprint density at radius 1 is 0.358 bits per heavy atom. The number of likely N-dealkylation sites (N-methyl/N-ethyl adjacent to an activating group) is 3. The summed E-state index contributed by atoms with van der Waals surface area (Å²) >= 11 is 12.2. The van der Waals surface area contributed by atoms with Gasteiger partial charge < -0.3 is 89.5 Å². The van der Waals surface area contributed by atoms with Crippen molar-refractivity contribution in [1.29, 1.82) is 0 Å². The molecule has 20 aromatic rings. The van der Waals surface area contributed by atoms with Crippen molar-refractivity contribution in [2.45, 2.75) is 112 Å². The lowest BCUT2D eigenvalue weighted by Gasteiger charge is -2.39. The Morgan fingerprint density at radius 2 is 0.709 bits per heavy atom. The summed E-state index contributed by atoms with van der Waals surface area (Å²) in [6.45, 7) is 34.0. The van der Waals surface area contributed by atoms with E-state index in [1.54, 1.807) is 62.4 Å². The first-order valence-corrected chi connectivity index (χ1v) is 51.2. The second-order valence-corrected chi connectivity index (χ2v) is 40.7. The van der Waals surface area contributed by atoms with E-state index in [0.717, 1.165) is 184 Å². The van der Waals surface area contributed by atoms with Gasteiger partial charge in [-0.05, 0) is 233 Å². The Labute approximate surface area is 861 Å². The summed E-state index contributed by atoms with van der Waals surface area (Å²) in [5.74, 6) is 0.0402. The summed E-state index contributed by atoms with van der Waals surface area (Å²) < 4.78 is 51.5. The molecule has 5 aromatic carbocycles. The Bertz CT molecular complexity index is 8780. The summed E-state index contributed by atoms with van der Waals surface area (Å²) in [6.07, 6.45) is 22.7. The molecule has 15 aromatic heterocycles. The van der Waals surface area contributed by atoms with Crippen molar-refractivity contribution in [2.24, 2.45) is 0 Å². The van der Waals surface area contributed by atoms with E-state index in [1.807, 2.05) is 137 Å². The van der Waals surface area contributed by atoms with E-state index >= 15 is 0 Å². The van der Waals surface area contributed by atoms with E-state index in [-0.39, 0.29) is 16.9 Å². The minimum atomic E-state index is -0.486. The van der Waals surface area contributed by atoms with E-state index in [1.165, 1.54) is 34.5 Å². The monoisotopic (exact) mass is 2030 g/mol. The van der Waals surface area contributed by atoms with Crippen molar-refractivity contribution >= 4 is 135 Å². The van der Waals surface area contributed by atoms with Crippen LogP contribution in [0.15, 0.2) is 272 Å². The molecular formula is C114H116Cl2FN21O10. The maximum Gasteiger partial charge on any atom is 0.345 e. The van der Waals surface area contributed by atoms with Crippen molar-refractivity contribution in [2.75, 3.05) is 144 Å². The zero-order valence-electron chi connectivity index (χ0n) is 84.7. The zero-order chi connectivity index (χ0) is 103. The van der Waals surface area contributed by atoms with Gasteiger partial charge in [-0.2, -0.15) is 0 Å². The number of imidazole rings is 5. The number of benzene rings is 5. The molecule has 0 unspecified atom stereocenters. The van der Waals surface area contributed by atoms with Crippen LogP contribution in [0.1, 0.15) is 77.1 Å². The average molecular weight is 2030 g/mol. The van der Waals surface area contributed by atoms with Gasteiger partial charge >= 0.3 is 28.1 Å². The molecule has 25 rings (SSSR count). The Balaban J connectivity index is 0.000000108. The Kier molecular flexibility index (Phi) is 27.8. The van der Waals surface area contributed by atoms with Crippen LogP contribution in [0.3, 0.4) is 0 Å². The molecule has 0 bridgehead atoms. The molecule has 0 aliphatic carbocycles. The van der Waals surface area contributed by atoms with Crippen LogP contribution < -0.4 is 63.3 Å². The van der Waals surface area contributed by atoms with Gasteiger partial charge in [0.2, 0.25) is 5.78 Å². The first kappa shape index (κ1) is 98.8. The van der Waals surface area contributed by atoms with Crippen molar-refractivity contribution < 1.29 is 26.5 Å². The van der Waals surface area contributed by atoms with Gasteiger partial charge in [0.15, 0.2) is 17.1 Å². The van der Waals surface area contributed by atoms with Crippen molar-refractivity contribution in [3.8, 4) is 56.3 Å². The highest BCUT2D eigenvalue weighted by molar-refractivity contribution is 6.33. The van der Waals surface area contributed by atoms with Gasteiger partial charge in [-0.25, -0.2) is 58.3 Å². The molecular weight excluding hydrogens is 1910 g/mol. The standard InChI is InChI=1S/C25H28N4O2.C24H26N4O2.C22H21ClN4O2.C22H21FN4O2.C21H20ClN5O2/c1-5-18-8-15(2)11-29-14-22(27-24(18)29)21-9-19-6-7-20(10-23(19)31-25(21)30)28-12-16(3)26-17(4)13-28;1-4-17-11-16(2)14-28-15-21(25-23(17)28)20-12-18-5-6-19(13-22(18)30-24(20)29)27-9-7-26(3)8-10-27;1-14-12-26(9-8-25(14)2)16-6-5-15-10-17(22(28)29-20(15)11-16)19-13-27-7-3-4-18(23)21(27)24-19;1-13-10-27(11-14(2)24-13)16-6-5-15-8-17(22(28)29-20(15)9-16)19-12-26-7-3-4-18(23)21(26)25-19;1-25-5-2-6-26(8-7-25)16-4-3-14-9-17(20(28)29-19(14)10-16)18-13-27-12-15(22)11-23-21(27)24-18/h6-11,14,16-17,26H,5,12-13H2,1-4H3;5-6,11-15H,4,7-10H2,1-3H3;3-7,10-11,13-14H,8-9,12H2,1-2H3;3-9,12-14,24H,10-11H2,1-2H3;3-4,9-13H,2,5-8H2,1H3/t16-,17+;;14-;13-,14+;/m..0../s1. The molecule has 2 N–H and O–H groups in total. The molecule has 148 heavy (non-hydrogen) atoms. The smallest absolute Gasteiger partial charge is 0.345 e. The molecule has 758 valence electrons. The topological polar surface area (TPSA) is 300 Å². The highest BCUT2D eigenvalue weighted by Gasteiger charge is 2.29. The van der Waals surface area contributed by atoms with Gasteiger partial charge in [-0.15, -0.1) is 0 Å². The number of nitrogens with zero attached hydrogens (tertiary/aromatic N) is 19. The fourth-order valence-corrected chi connectivity index (χ4v) is 21.1. The van der Waals surface area contributed by atoms with E-state index in [9.17, 15) is 28.4 Å². The fourth-order valence-electron chi connectivity index (χ4n) is 20.7. The van der Waals surface area contributed by atoms with Crippen LogP contribution in [-0.2, 0) is 12.8 Å². The normalized spacial score (nSPS) is 17.7. The molecule has 20 heterocycles. The van der Waals surface area contributed by atoms with Crippen LogP contribution in [0.4, 0.5) is 32.8 Å². The largest absolute Gasteiger partial charge is 0.422 e. The molecule has 34 heteroatoms. The van der Waals surface area contributed by atoms with Gasteiger partial charge in [0, 0.05) is 270 Å². The number of rotatable bonds is 12. The van der Waals surface area contributed by atoms with Gasteiger partial charge in [0.25, 0.3) is 0 Å². The third-order valence-corrected chi connectivity index (χ3v) is 29.0. The number of hydrogen-bond donors (Lipinski definition) is 2. The van der Waals surface area contributed by atoms with Crippen molar-refractivity contribution in [3.05, 3.63) is 316 Å². The van der Waals surface area contributed by atoms with Gasteiger partial charge in [-0.3, -0.25) is 4.40 Å². The van der Waals surface area contributed by atoms with Crippen LogP contribution in [0.25, 0.3) is 139 Å². The number of aromatic nitrogens is 11. The quantitative estimate of drug-likeness (QED) is 0.107. The molecule has 0 spiro atoms. The molecule has 0 radical (unpaired) electrons. The number of halogens is 3. The number of nitrogens with one attached hydrogen (secondary N) is 2. The first-order valence-electron chi connectivity index (χ1n) is 50.5. The number of piperazine rings is 4. The zero-order valence-corrected chi connectivity index (χ0v) is 86.2.